The lowest BCUT2D eigenvalue weighted by Gasteiger charge is -2.25. The van der Waals surface area contributed by atoms with Crippen LogP contribution in [0.15, 0.2) is 12.1 Å². The van der Waals surface area contributed by atoms with Crippen molar-refractivity contribution in [2.45, 2.75) is 25.7 Å². The first kappa shape index (κ1) is 18.9. The second kappa shape index (κ2) is 7.80. The third kappa shape index (κ3) is 3.66. The molecule has 1 aliphatic rings. The second-order valence-electron chi connectivity index (χ2n) is 6.35. The number of anilines is 3. The Bertz CT molecular complexity index is 907. The number of hydrogen-bond donors (Lipinski definition) is 3. The molecule has 2 aromatic rings. The molecule has 1 atom stereocenters. The summed E-state index contributed by atoms with van der Waals surface area (Å²) in [4.78, 5) is 4.36. The summed E-state index contributed by atoms with van der Waals surface area (Å²) in [6.45, 7) is 1.81. The van der Waals surface area contributed by atoms with Gasteiger partial charge in [-0.1, -0.05) is 0 Å². The van der Waals surface area contributed by atoms with E-state index in [0.29, 0.717) is 27.6 Å². The molecular formula is C18H21N5O3S. The van der Waals surface area contributed by atoms with E-state index in [1.54, 1.807) is 37.9 Å². The van der Waals surface area contributed by atoms with E-state index in [1.165, 1.54) is 0 Å². The molecule has 0 radical (unpaired) electrons. The molecule has 1 aliphatic heterocycles. The number of hydrogen-bond acceptors (Lipinski definition) is 8. The van der Waals surface area contributed by atoms with Gasteiger partial charge in [-0.25, -0.2) is 4.98 Å². The Kier molecular flexibility index (Phi) is 5.46. The minimum absolute atomic E-state index is 0.0667. The van der Waals surface area contributed by atoms with Crippen molar-refractivity contribution in [3.63, 3.8) is 0 Å². The minimum Gasteiger partial charge on any atom is -0.819 e. The number of ether oxygens (including phenoxy) is 1. The zero-order chi connectivity index (χ0) is 19.6. The Morgan fingerprint density at radius 3 is 2.93 bits per heavy atom. The van der Waals surface area contributed by atoms with Crippen molar-refractivity contribution >= 4 is 29.0 Å². The van der Waals surface area contributed by atoms with Crippen molar-refractivity contribution in [1.82, 2.24) is 4.98 Å². The summed E-state index contributed by atoms with van der Waals surface area (Å²) < 4.78 is 5.61. The van der Waals surface area contributed by atoms with Gasteiger partial charge in [0, 0.05) is 39.8 Å². The first-order chi connectivity index (χ1) is 13.0. The van der Waals surface area contributed by atoms with Crippen LogP contribution in [0.5, 0.6) is 11.6 Å². The minimum atomic E-state index is -0.642. The van der Waals surface area contributed by atoms with Crippen molar-refractivity contribution in [2.24, 2.45) is 0 Å². The second-order valence-corrected chi connectivity index (χ2v) is 7.50. The van der Waals surface area contributed by atoms with E-state index in [4.69, 9.17) is 10.5 Å². The lowest BCUT2D eigenvalue weighted by Crippen LogP contribution is -2.41. The molecule has 0 amide bonds. The number of aromatic nitrogens is 2. The van der Waals surface area contributed by atoms with Gasteiger partial charge in [0.25, 0.3) is 0 Å². The van der Waals surface area contributed by atoms with Crippen LogP contribution in [0.2, 0.25) is 0 Å². The smallest absolute Gasteiger partial charge is 0.358 e. The number of thioether (sulfide) groups is 1. The molecule has 0 spiro atoms. The first-order valence-corrected chi connectivity index (χ1v) is 9.67. The fraction of sp³-hybridized carbons (Fsp3) is 0.389. The fourth-order valence-electron chi connectivity index (χ4n) is 3.24. The number of pyridine rings is 2. The van der Waals surface area contributed by atoms with Crippen LogP contribution >= 0.6 is 11.8 Å². The van der Waals surface area contributed by atoms with Crippen LogP contribution in [0, 0.1) is 18.3 Å². The Morgan fingerprint density at radius 1 is 1.52 bits per heavy atom. The van der Waals surface area contributed by atoms with E-state index in [9.17, 15) is 15.6 Å². The Morgan fingerprint density at radius 2 is 2.30 bits per heavy atom. The monoisotopic (exact) mass is 387 g/mol. The Balaban J connectivity index is 2.12. The summed E-state index contributed by atoms with van der Waals surface area (Å²) in [6, 6.07) is 5.26. The SMILES string of the molecule is COc1cc(C)nc(Nc2c(N)c(C3CCCSC3)c([O-])[n+](O)c2C#N)c1. The standard InChI is InChI=1S/C18H21N5O3S/c1-10-6-12(26-2)7-14(21-10)22-17-13(8-19)23(25)18(24)15(16(17)20)11-4-3-5-27-9-11/h6-7,11,25H,3-5,9H2,1-2H3,(H3,20,21,22,24). The summed E-state index contributed by atoms with van der Waals surface area (Å²) in [5.41, 5.74) is 7.44. The molecule has 8 nitrogen and oxygen atoms in total. The Hall–Kier alpha value is -2.86. The number of nitriles is 1. The van der Waals surface area contributed by atoms with Gasteiger partial charge in [-0.2, -0.15) is 17.0 Å². The largest absolute Gasteiger partial charge is 0.819 e. The molecule has 0 bridgehead atoms. The van der Waals surface area contributed by atoms with E-state index in [2.05, 4.69) is 10.3 Å². The van der Waals surface area contributed by atoms with Crippen LogP contribution in [0.25, 0.3) is 0 Å². The van der Waals surface area contributed by atoms with E-state index in [-0.39, 0.29) is 23.0 Å². The number of nitrogen functional groups attached to an aromatic ring is 1. The van der Waals surface area contributed by atoms with Crippen LogP contribution in [-0.4, -0.2) is 28.8 Å². The van der Waals surface area contributed by atoms with Crippen molar-refractivity contribution in [3.05, 3.63) is 29.1 Å². The fourth-order valence-corrected chi connectivity index (χ4v) is 4.39. The summed E-state index contributed by atoms with van der Waals surface area (Å²) in [6.07, 6.45) is 1.79. The van der Waals surface area contributed by atoms with Gasteiger partial charge in [0.2, 0.25) is 5.88 Å². The zero-order valence-corrected chi connectivity index (χ0v) is 16.0. The molecule has 1 saturated heterocycles. The maximum atomic E-state index is 12.6. The van der Waals surface area contributed by atoms with Gasteiger partial charge in [-0.15, -0.1) is 0 Å². The highest BCUT2D eigenvalue weighted by Crippen LogP contribution is 2.41. The van der Waals surface area contributed by atoms with E-state index in [0.717, 1.165) is 24.3 Å². The average Bonchev–Trinajstić information content (AvgIpc) is 2.67. The van der Waals surface area contributed by atoms with Crippen LogP contribution in [0.3, 0.4) is 0 Å². The molecule has 3 rings (SSSR count). The topological polar surface area (TPSA) is 131 Å². The van der Waals surface area contributed by atoms with Gasteiger partial charge in [0.15, 0.2) is 11.8 Å². The van der Waals surface area contributed by atoms with Gasteiger partial charge in [0.05, 0.1) is 12.8 Å². The molecular weight excluding hydrogens is 366 g/mol. The quantitative estimate of drug-likeness (QED) is 0.535. The molecule has 1 fully saturated rings. The highest BCUT2D eigenvalue weighted by Gasteiger charge is 2.31. The molecule has 0 aromatic carbocycles. The lowest BCUT2D eigenvalue weighted by molar-refractivity contribution is -0.924. The van der Waals surface area contributed by atoms with Crippen molar-refractivity contribution in [3.8, 4) is 17.7 Å². The van der Waals surface area contributed by atoms with E-state index >= 15 is 0 Å². The van der Waals surface area contributed by atoms with E-state index < -0.39 is 5.88 Å². The third-order valence-corrected chi connectivity index (χ3v) is 5.74. The normalized spacial score (nSPS) is 16.6. The molecule has 9 heteroatoms. The number of rotatable bonds is 4. The van der Waals surface area contributed by atoms with E-state index in [1.807, 2.05) is 6.07 Å². The summed E-state index contributed by atoms with van der Waals surface area (Å²) >= 11 is 1.75. The predicted molar refractivity (Wildman–Crippen MR) is 101 cm³/mol. The van der Waals surface area contributed by atoms with Gasteiger partial charge >= 0.3 is 5.69 Å². The third-order valence-electron chi connectivity index (χ3n) is 4.52. The molecule has 0 aliphatic carbocycles. The van der Waals surface area contributed by atoms with Crippen LogP contribution in [-0.2, 0) is 0 Å². The summed E-state index contributed by atoms with van der Waals surface area (Å²) in [5.74, 6) is 2.07. The lowest BCUT2D eigenvalue weighted by atomic mass is 9.94. The summed E-state index contributed by atoms with van der Waals surface area (Å²) in [5, 5.41) is 35.4. The summed E-state index contributed by atoms with van der Waals surface area (Å²) in [7, 11) is 1.54. The van der Waals surface area contributed by atoms with Crippen molar-refractivity contribution in [1.29, 1.82) is 5.26 Å². The highest BCUT2D eigenvalue weighted by molar-refractivity contribution is 7.99. The number of methoxy groups -OCH3 is 1. The first-order valence-electron chi connectivity index (χ1n) is 8.51. The molecule has 1 unspecified atom stereocenters. The number of aryl methyl sites for hydroxylation is 1. The van der Waals surface area contributed by atoms with Gasteiger partial charge in [-0.3, -0.25) is 5.21 Å². The average molecular weight is 387 g/mol. The Labute approximate surface area is 161 Å². The van der Waals surface area contributed by atoms with Crippen LogP contribution in [0.4, 0.5) is 17.2 Å². The number of nitrogens with one attached hydrogen (secondary N) is 1. The maximum Gasteiger partial charge on any atom is 0.358 e. The number of nitrogens with zero attached hydrogens (tertiary/aromatic N) is 3. The van der Waals surface area contributed by atoms with Gasteiger partial charge in [-0.05, 0) is 25.5 Å². The molecule has 4 N–H and O–H groups in total. The zero-order valence-electron chi connectivity index (χ0n) is 15.2. The van der Waals surface area contributed by atoms with Crippen LogP contribution in [0.1, 0.15) is 35.7 Å². The molecule has 27 heavy (non-hydrogen) atoms. The van der Waals surface area contributed by atoms with Crippen LogP contribution < -0.4 is 25.6 Å². The molecule has 142 valence electrons. The van der Waals surface area contributed by atoms with Gasteiger partial charge < -0.3 is 20.9 Å². The predicted octanol–water partition coefficient (Wildman–Crippen LogP) is 1.81. The highest BCUT2D eigenvalue weighted by atomic mass is 32.2. The van der Waals surface area contributed by atoms with Crippen molar-refractivity contribution < 1.29 is 19.8 Å². The van der Waals surface area contributed by atoms with Gasteiger partial charge in [0.1, 0.15) is 11.6 Å². The number of nitrogens with two attached hydrogens (primary N) is 1. The van der Waals surface area contributed by atoms with Crippen molar-refractivity contribution in [2.75, 3.05) is 29.7 Å². The maximum absolute atomic E-state index is 12.6. The molecule has 0 saturated carbocycles. The molecule has 3 heterocycles. The molecule has 2 aromatic heterocycles.